The van der Waals surface area contributed by atoms with Crippen LogP contribution in [0.1, 0.15) is 66.7 Å². The Balaban J connectivity index is 2.41. The number of fused-ring (bicyclic) bond motifs is 2. The fraction of sp³-hybridized carbons (Fsp3) is 0.714. The van der Waals surface area contributed by atoms with E-state index in [0.29, 0.717) is 5.92 Å². The van der Waals surface area contributed by atoms with Crippen LogP contribution in [0.5, 0.6) is 0 Å². The molecule has 23 heavy (non-hydrogen) atoms. The van der Waals surface area contributed by atoms with Crippen LogP contribution in [0.4, 0.5) is 0 Å². The third-order valence-electron chi connectivity index (χ3n) is 5.99. The van der Waals surface area contributed by atoms with E-state index in [1.54, 1.807) is 12.7 Å². The molecule has 0 aliphatic heterocycles. The van der Waals surface area contributed by atoms with Gasteiger partial charge in [-0.05, 0) is 64.2 Å². The van der Waals surface area contributed by atoms with Crippen molar-refractivity contribution in [2.24, 2.45) is 11.3 Å². The molecule has 0 aromatic rings. The molecule has 2 rings (SSSR count). The predicted molar refractivity (Wildman–Crippen MR) is 97.4 cm³/mol. The van der Waals surface area contributed by atoms with Crippen LogP contribution in [-0.4, -0.2) is 24.4 Å². The molecule has 2 aliphatic carbocycles. The second-order valence-electron chi connectivity index (χ2n) is 8.14. The number of allylic oxidation sites excluding steroid dienone is 3. The van der Waals surface area contributed by atoms with Crippen LogP contribution in [0, 0.1) is 11.3 Å². The Kier molecular flexibility index (Phi) is 5.91. The molecule has 2 heteroatoms. The van der Waals surface area contributed by atoms with E-state index in [-0.39, 0.29) is 17.6 Å². The maximum Gasteiger partial charge on any atom is 0.0791 e. The van der Waals surface area contributed by atoms with Crippen molar-refractivity contribution < 1.29 is 9.84 Å². The SMILES string of the molecule is CO[C@H]1C=C(C)CCC2=C(C)C[C@@H](O)[C@H](CC=C(C)C1)C2(C)C. The van der Waals surface area contributed by atoms with Gasteiger partial charge in [0.05, 0.1) is 12.2 Å². The molecule has 130 valence electrons. The molecule has 3 atom stereocenters. The molecule has 0 aromatic heterocycles. The van der Waals surface area contributed by atoms with E-state index in [0.717, 1.165) is 32.1 Å². The predicted octanol–water partition coefficient (Wildman–Crippen LogP) is 5.19. The Morgan fingerprint density at radius 1 is 1.09 bits per heavy atom. The molecule has 2 bridgehead atoms. The highest BCUT2D eigenvalue weighted by Gasteiger charge is 2.41. The average molecular weight is 319 g/mol. The van der Waals surface area contributed by atoms with Crippen LogP contribution in [0.15, 0.2) is 34.4 Å². The summed E-state index contributed by atoms with van der Waals surface area (Å²) in [6.45, 7) is 11.3. The van der Waals surface area contributed by atoms with Crippen molar-refractivity contribution in [1.82, 2.24) is 0 Å². The van der Waals surface area contributed by atoms with Crippen molar-refractivity contribution in [2.75, 3.05) is 7.11 Å². The summed E-state index contributed by atoms with van der Waals surface area (Å²) in [5.74, 6) is 0.306. The van der Waals surface area contributed by atoms with E-state index in [9.17, 15) is 5.11 Å². The number of aliphatic hydroxyl groups excluding tert-OH is 1. The summed E-state index contributed by atoms with van der Waals surface area (Å²) < 4.78 is 5.63. The Morgan fingerprint density at radius 2 is 1.78 bits per heavy atom. The fourth-order valence-electron chi connectivity index (χ4n) is 4.48. The number of ether oxygens (including phenoxy) is 1. The highest BCUT2D eigenvalue weighted by Crippen LogP contribution is 2.48. The lowest BCUT2D eigenvalue weighted by atomic mass is 9.62. The van der Waals surface area contributed by atoms with E-state index in [1.165, 1.54) is 16.7 Å². The van der Waals surface area contributed by atoms with Gasteiger partial charge in [0.25, 0.3) is 0 Å². The Bertz CT molecular complexity index is 522. The zero-order valence-electron chi connectivity index (χ0n) is 15.8. The van der Waals surface area contributed by atoms with Crippen molar-refractivity contribution in [3.63, 3.8) is 0 Å². The maximum atomic E-state index is 10.7. The minimum atomic E-state index is -0.226. The van der Waals surface area contributed by atoms with Gasteiger partial charge in [0, 0.05) is 7.11 Å². The number of rotatable bonds is 1. The number of aliphatic hydroxyl groups is 1. The van der Waals surface area contributed by atoms with Gasteiger partial charge in [-0.3, -0.25) is 0 Å². The van der Waals surface area contributed by atoms with Gasteiger partial charge in [0.1, 0.15) is 0 Å². The van der Waals surface area contributed by atoms with Gasteiger partial charge in [-0.25, -0.2) is 0 Å². The van der Waals surface area contributed by atoms with Gasteiger partial charge in [0.2, 0.25) is 0 Å². The molecule has 2 nitrogen and oxygen atoms in total. The Hall–Kier alpha value is -0.860. The van der Waals surface area contributed by atoms with Crippen LogP contribution in [0.25, 0.3) is 0 Å². The van der Waals surface area contributed by atoms with Crippen LogP contribution >= 0.6 is 0 Å². The standard InChI is InChI=1S/C21H34O2/c1-14-7-9-18-16(3)13-20(22)19(21(18,4)5)10-8-15(2)12-17(11-14)23-6/h8,11,17,19-20,22H,7,9-10,12-13H2,1-6H3/t17-,19-,20+/m0/s1. The number of hydrogen-bond donors (Lipinski definition) is 1. The molecule has 0 saturated heterocycles. The molecular formula is C21H34O2. The van der Waals surface area contributed by atoms with Crippen molar-refractivity contribution in [2.45, 2.75) is 78.9 Å². The summed E-state index contributed by atoms with van der Waals surface area (Å²) in [5, 5.41) is 10.7. The third-order valence-corrected chi connectivity index (χ3v) is 5.99. The van der Waals surface area contributed by atoms with Gasteiger partial charge < -0.3 is 9.84 Å². The fourth-order valence-corrected chi connectivity index (χ4v) is 4.48. The smallest absolute Gasteiger partial charge is 0.0791 e. The van der Waals surface area contributed by atoms with Gasteiger partial charge in [-0.15, -0.1) is 0 Å². The highest BCUT2D eigenvalue weighted by molar-refractivity contribution is 5.28. The van der Waals surface area contributed by atoms with E-state index in [2.05, 4.69) is 46.8 Å². The quantitative estimate of drug-likeness (QED) is 0.674. The zero-order chi connectivity index (χ0) is 17.2. The van der Waals surface area contributed by atoms with Gasteiger partial charge in [0.15, 0.2) is 0 Å². The Morgan fingerprint density at radius 3 is 2.43 bits per heavy atom. The first-order valence-corrected chi connectivity index (χ1v) is 8.98. The molecule has 0 amide bonds. The third kappa shape index (κ3) is 4.16. The van der Waals surface area contributed by atoms with E-state index < -0.39 is 0 Å². The van der Waals surface area contributed by atoms with E-state index >= 15 is 0 Å². The average Bonchev–Trinajstić information content (AvgIpc) is 2.44. The highest BCUT2D eigenvalue weighted by atomic mass is 16.5. The Labute approximate surface area is 142 Å². The topological polar surface area (TPSA) is 29.5 Å². The first-order chi connectivity index (χ1) is 10.8. The zero-order valence-corrected chi connectivity index (χ0v) is 15.8. The molecule has 0 aromatic carbocycles. The van der Waals surface area contributed by atoms with Crippen LogP contribution in [0.2, 0.25) is 0 Å². The van der Waals surface area contributed by atoms with Crippen LogP contribution in [0.3, 0.4) is 0 Å². The minimum absolute atomic E-state index is 0.0681. The minimum Gasteiger partial charge on any atom is -0.392 e. The molecule has 2 aliphatic rings. The van der Waals surface area contributed by atoms with Crippen LogP contribution < -0.4 is 0 Å². The van der Waals surface area contributed by atoms with E-state index in [1.807, 2.05) is 0 Å². The molecule has 0 fully saturated rings. The second kappa shape index (κ2) is 7.36. The van der Waals surface area contributed by atoms with Crippen molar-refractivity contribution >= 4 is 0 Å². The number of methoxy groups -OCH3 is 1. The molecule has 0 saturated carbocycles. The molecule has 0 spiro atoms. The number of hydrogen-bond acceptors (Lipinski definition) is 2. The lowest BCUT2D eigenvalue weighted by Crippen LogP contribution is -2.40. The summed E-state index contributed by atoms with van der Waals surface area (Å²) >= 11 is 0. The normalized spacial score (nSPS) is 32.6. The van der Waals surface area contributed by atoms with Gasteiger partial charge >= 0.3 is 0 Å². The molecule has 0 unspecified atom stereocenters. The van der Waals surface area contributed by atoms with Gasteiger partial charge in [-0.1, -0.05) is 48.3 Å². The second-order valence-corrected chi connectivity index (χ2v) is 8.14. The van der Waals surface area contributed by atoms with Crippen molar-refractivity contribution in [3.8, 4) is 0 Å². The van der Waals surface area contributed by atoms with Crippen LogP contribution in [-0.2, 0) is 4.74 Å². The largest absolute Gasteiger partial charge is 0.392 e. The van der Waals surface area contributed by atoms with E-state index in [4.69, 9.17) is 4.74 Å². The first-order valence-electron chi connectivity index (χ1n) is 8.98. The summed E-state index contributed by atoms with van der Waals surface area (Å²) in [7, 11) is 1.79. The lowest BCUT2D eigenvalue weighted by Gasteiger charge is -2.45. The molecule has 1 N–H and O–H groups in total. The summed E-state index contributed by atoms with van der Waals surface area (Å²) in [5.41, 5.74) is 5.79. The first kappa shape index (κ1) is 18.5. The monoisotopic (exact) mass is 318 g/mol. The lowest BCUT2D eigenvalue weighted by molar-refractivity contribution is 0.0379. The van der Waals surface area contributed by atoms with Crippen molar-refractivity contribution in [3.05, 3.63) is 34.4 Å². The molecular weight excluding hydrogens is 284 g/mol. The van der Waals surface area contributed by atoms with Crippen molar-refractivity contribution in [1.29, 1.82) is 0 Å². The molecule has 0 radical (unpaired) electrons. The summed E-state index contributed by atoms with van der Waals surface area (Å²) in [4.78, 5) is 0. The summed E-state index contributed by atoms with van der Waals surface area (Å²) in [6, 6.07) is 0. The van der Waals surface area contributed by atoms with Gasteiger partial charge in [-0.2, -0.15) is 0 Å². The molecule has 0 heterocycles. The summed E-state index contributed by atoms with van der Waals surface area (Å²) in [6.07, 6.45) is 9.47. The maximum absolute atomic E-state index is 10.7.